The summed E-state index contributed by atoms with van der Waals surface area (Å²) in [6.45, 7) is 7.51. The summed E-state index contributed by atoms with van der Waals surface area (Å²) >= 11 is 0. The molecule has 1 aromatic carbocycles. The molecule has 0 aromatic heterocycles. The molecular formula is C14H21NO. The molecule has 0 N–H and O–H groups in total. The maximum Gasteiger partial charge on any atom is 0.0717 e. The van der Waals surface area contributed by atoms with Crippen LogP contribution < -0.4 is 0 Å². The fraction of sp³-hybridized carbons (Fsp3) is 0.571. The van der Waals surface area contributed by atoms with Crippen LogP contribution in [0.1, 0.15) is 25.8 Å². The summed E-state index contributed by atoms with van der Waals surface area (Å²) in [5.74, 6) is 0. The van der Waals surface area contributed by atoms with Crippen molar-refractivity contribution in [3.8, 4) is 0 Å². The molecule has 1 unspecified atom stereocenters. The summed E-state index contributed by atoms with van der Waals surface area (Å²) in [6, 6.07) is 10.7. The van der Waals surface area contributed by atoms with Crippen LogP contribution in [0.5, 0.6) is 0 Å². The molecule has 2 nitrogen and oxygen atoms in total. The van der Waals surface area contributed by atoms with Crippen molar-refractivity contribution in [2.75, 3.05) is 13.1 Å². The Morgan fingerprint density at radius 1 is 1.31 bits per heavy atom. The topological polar surface area (TPSA) is 12.5 Å². The quantitative estimate of drug-likeness (QED) is 0.772. The SMILES string of the molecule is CC(C)OC1CCN(Cc2ccccc2)C1. The Labute approximate surface area is 98.2 Å². The van der Waals surface area contributed by atoms with Crippen LogP contribution in [0.3, 0.4) is 0 Å². The van der Waals surface area contributed by atoms with Gasteiger partial charge in [-0.1, -0.05) is 30.3 Å². The van der Waals surface area contributed by atoms with Gasteiger partial charge in [-0.15, -0.1) is 0 Å². The molecule has 1 saturated heterocycles. The van der Waals surface area contributed by atoms with Gasteiger partial charge >= 0.3 is 0 Å². The molecule has 1 aliphatic rings. The van der Waals surface area contributed by atoms with Crippen LogP contribution in [0, 0.1) is 0 Å². The summed E-state index contributed by atoms with van der Waals surface area (Å²) in [7, 11) is 0. The van der Waals surface area contributed by atoms with Crippen LogP contribution in [-0.4, -0.2) is 30.2 Å². The molecule has 16 heavy (non-hydrogen) atoms. The first-order valence-corrected chi connectivity index (χ1v) is 6.16. The van der Waals surface area contributed by atoms with Crippen LogP contribution in [0.4, 0.5) is 0 Å². The lowest BCUT2D eigenvalue weighted by Gasteiger charge is -2.17. The van der Waals surface area contributed by atoms with Crippen LogP contribution in [0.15, 0.2) is 30.3 Å². The molecule has 1 fully saturated rings. The lowest BCUT2D eigenvalue weighted by Crippen LogP contribution is -2.24. The van der Waals surface area contributed by atoms with Crippen molar-refractivity contribution in [1.82, 2.24) is 4.90 Å². The van der Waals surface area contributed by atoms with Crippen molar-refractivity contribution in [2.45, 2.75) is 39.0 Å². The maximum atomic E-state index is 5.84. The Morgan fingerprint density at radius 3 is 2.75 bits per heavy atom. The summed E-state index contributed by atoms with van der Waals surface area (Å²) in [6.07, 6.45) is 1.95. The third-order valence-electron chi connectivity index (χ3n) is 2.94. The molecule has 1 aromatic rings. The van der Waals surface area contributed by atoms with Crippen molar-refractivity contribution >= 4 is 0 Å². The Morgan fingerprint density at radius 2 is 2.06 bits per heavy atom. The van der Waals surface area contributed by atoms with Crippen molar-refractivity contribution < 1.29 is 4.74 Å². The second kappa shape index (κ2) is 5.46. The minimum absolute atomic E-state index is 0.349. The Kier molecular flexibility index (Phi) is 3.97. The zero-order valence-corrected chi connectivity index (χ0v) is 10.2. The van der Waals surface area contributed by atoms with E-state index >= 15 is 0 Å². The minimum Gasteiger partial charge on any atom is -0.374 e. The number of ether oxygens (including phenoxy) is 1. The maximum absolute atomic E-state index is 5.84. The van der Waals surface area contributed by atoms with Gasteiger partial charge in [0, 0.05) is 19.6 Å². The van der Waals surface area contributed by atoms with Gasteiger partial charge in [-0.25, -0.2) is 0 Å². The highest BCUT2D eigenvalue weighted by Crippen LogP contribution is 2.16. The molecule has 0 bridgehead atoms. The number of hydrogen-bond acceptors (Lipinski definition) is 2. The number of nitrogens with zero attached hydrogens (tertiary/aromatic N) is 1. The van der Waals surface area contributed by atoms with E-state index in [1.807, 2.05) is 0 Å². The van der Waals surface area contributed by atoms with Gasteiger partial charge in [-0.3, -0.25) is 4.90 Å². The zero-order valence-electron chi connectivity index (χ0n) is 10.2. The Hall–Kier alpha value is -0.860. The third kappa shape index (κ3) is 3.32. The van der Waals surface area contributed by atoms with Crippen LogP contribution >= 0.6 is 0 Å². The molecule has 1 aliphatic heterocycles. The lowest BCUT2D eigenvalue weighted by molar-refractivity contribution is 0.0137. The van der Waals surface area contributed by atoms with Crippen molar-refractivity contribution in [1.29, 1.82) is 0 Å². The minimum atomic E-state index is 0.349. The van der Waals surface area contributed by atoms with Crippen LogP contribution in [0.25, 0.3) is 0 Å². The number of rotatable bonds is 4. The molecule has 2 heteroatoms. The van der Waals surface area contributed by atoms with E-state index in [0.29, 0.717) is 12.2 Å². The summed E-state index contributed by atoms with van der Waals surface area (Å²) in [5, 5.41) is 0. The van der Waals surface area contributed by atoms with Gasteiger partial charge in [0.2, 0.25) is 0 Å². The first-order valence-electron chi connectivity index (χ1n) is 6.16. The first kappa shape index (κ1) is 11.6. The molecule has 0 saturated carbocycles. The van der Waals surface area contributed by atoms with Gasteiger partial charge in [0.15, 0.2) is 0 Å². The van der Waals surface area contributed by atoms with Gasteiger partial charge in [0.25, 0.3) is 0 Å². The van der Waals surface area contributed by atoms with Gasteiger partial charge < -0.3 is 4.74 Å². The van der Waals surface area contributed by atoms with Crippen LogP contribution in [-0.2, 0) is 11.3 Å². The van der Waals surface area contributed by atoms with E-state index < -0.39 is 0 Å². The van der Waals surface area contributed by atoms with E-state index in [2.05, 4.69) is 49.1 Å². The van der Waals surface area contributed by atoms with E-state index in [1.165, 1.54) is 12.0 Å². The predicted octanol–water partition coefficient (Wildman–Crippen LogP) is 2.69. The number of hydrogen-bond donors (Lipinski definition) is 0. The zero-order chi connectivity index (χ0) is 11.4. The smallest absolute Gasteiger partial charge is 0.0717 e. The molecule has 1 heterocycles. The molecule has 0 aliphatic carbocycles. The highest BCUT2D eigenvalue weighted by molar-refractivity contribution is 5.14. The number of likely N-dealkylation sites (tertiary alicyclic amines) is 1. The Bertz CT molecular complexity index is 310. The normalized spacial score (nSPS) is 21.8. The molecule has 0 spiro atoms. The second-order valence-corrected chi connectivity index (χ2v) is 4.82. The lowest BCUT2D eigenvalue weighted by atomic mass is 10.2. The van der Waals surface area contributed by atoms with Gasteiger partial charge in [-0.05, 0) is 25.8 Å². The summed E-state index contributed by atoms with van der Waals surface area (Å²) < 4.78 is 5.84. The molecular weight excluding hydrogens is 198 g/mol. The molecule has 88 valence electrons. The largest absolute Gasteiger partial charge is 0.374 e. The van der Waals surface area contributed by atoms with Gasteiger partial charge in [0.05, 0.1) is 12.2 Å². The molecule has 2 rings (SSSR count). The average Bonchev–Trinajstić information content (AvgIpc) is 2.66. The molecule has 0 amide bonds. The van der Waals surface area contributed by atoms with E-state index in [1.54, 1.807) is 0 Å². The highest BCUT2D eigenvalue weighted by atomic mass is 16.5. The van der Waals surface area contributed by atoms with Crippen molar-refractivity contribution in [3.63, 3.8) is 0 Å². The Balaban J connectivity index is 1.81. The summed E-state index contributed by atoms with van der Waals surface area (Å²) in [5.41, 5.74) is 1.40. The van der Waals surface area contributed by atoms with Gasteiger partial charge in [0.1, 0.15) is 0 Å². The standard InChI is InChI=1S/C14H21NO/c1-12(2)16-14-8-9-15(11-14)10-13-6-4-3-5-7-13/h3-7,12,14H,8-11H2,1-2H3. The van der Waals surface area contributed by atoms with E-state index in [-0.39, 0.29) is 0 Å². The van der Waals surface area contributed by atoms with Crippen molar-refractivity contribution in [2.24, 2.45) is 0 Å². The van der Waals surface area contributed by atoms with E-state index in [0.717, 1.165) is 19.6 Å². The first-order chi connectivity index (χ1) is 7.74. The van der Waals surface area contributed by atoms with E-state index in [9.17, 15) is 0 Å². The fourth-order valence-corrected chi connectivity index (χ4v) is 2.28. The average molecular weight is 219 g/mol. The third-order valence-corrected chi connectivity index (χ3v) is 2.94. The predicted molar refractivity (Wildman–Crippen MR) is 66.3 cm³/mol. The highest BCUT2D eigenvalue weighted by Gasteiger charge is 2.23. The summed E-state index contributed by atoms with van der Waals surface area (Å²) in [4.78, 5) is 2.47. The van der Waals surface area contributed by atoms with E-state index in [4.69, 9.17) is 4.74 Å². The molecule has 0 radical (unpaired) electrons. The van der Waals surface area contributed by atoms with Crippen molar-refractivity contribution in [3.05, 3.63) is 35.9 Å². The monoisotopic (exact) mass is 219 g/mol. The van der Waals surface area contributed by atoms with Crippen LogP contribution in [0.2, 0.25) is 0 Å². The molecule has 1 atom stereocenters. The van der Waals surface area contributed by atoms with Gasteiger partial charge in [-0.2, -0.15) is 0 Å². The second-order valence-electron chi connectivity index (χ2n) is 4.82. The fourth-order valence-electron chi connectivity index (χ4n) is 2.28. The number of benzene rings is 1.